The van der Waals surface area contributed by atoms with Crippen LogP contribution in [0.5, 0.6) is 0 Å². The highest BCUT2D eigenvalue weighted by atomic mass is 35.5. The molecule has 0 aliphatic rings. The van der Waals surface area contributed by atoms with E-state index in [1.165, 1.54) is 17.0 Å². The molecule has 0 saturated heterocycles. The minimum absolute atomic E-state index is 0.161. The number of carbonyl (C=O) groups excluding carboxylic acids is 1. The summed E-state index contributed by atoms with van der Waals surface area (Å²) in [6.45, 7) is 2.64. The number of nitro benzene ring substituents is 1. The van der Waals surface area contributed by atoms with Crippen LogP contribution in [0.4, 0.5) is 11.4 Å². The van der Waals surface area contributed by atoms with Crippen molar-refractivity contribution in [1.29, 1.82) is 0 Å². The number of unbranched alkanes of at least 4 members (excludes halogenated alkanes) is 1. The highest BCUT2D eigenvalue weighted by Gasteiger charge is 2.22. The second kappa shape index (κ2) is 7.09. The molecule has 0 heterocycles. The van der Waals surface area contributed by atoms with Gasteiger partial charge in [0.25, 0.3) is 11.6 Å². The van der Waals surface area contributed by atoms with Crippen LogP contribution in [0, 0.1) is 10.1 Å². The predicted octanol–water partition coefficient (Wildman–Crippen LogP) is 3.16. The van der Waals surface area contributed by atoms with E-state index >= 15 is 0 Å². The van der Waals surface area contributed by atoms with Gasteiger partial charge in [0.2, 0.25) is 0 Å². The maximum Gasteiger partial charge on any atom is 0.294 e. The van der Waals surface area contributed by atoms with E-state index in [9.17, 15) is 14.9 Å². The van der Waals surface area contributed by atoms with Crippen LogP contribution in [0.3, 0.4) is 0 Å². The normalized spacial score (nSPS) is 10.2. The fourth-order valence-corrected chi connectivity index (χ4v) is 2.13. The number of nitrogens with zero attached hydrogens (tertiary/aromatic N) is 2. The summed E-state index contributed by atoms with van der Waals surface area (Å²) < 4.78 is 0. The van der Waals surface area contributed by atoms with E-state index in [1.54, 1.807) is 14.1 Å². The smallest absolute Gasteiger partial charge is 0.294 e. The van der Waals surface area contributed by atoms with Gasteiger partial charge >= 0.3 is 0 Å². The lowest BCUT2D eigenvalue weighted by Crippen LogP contribution is -2.27. The maximum atomic E-state index is 12.2. The number of halogens is 1. The molecule has 1 N–H and O–H groups in total. The van der Waals surface area contributed by atoms with Crippen molar-refractivity contribution in [3.8, 4) is 0 Å². The average molecular weight is 300 g/mol. The summed E-state index contributed by atoms with van der Waals surface area (Å²) in [6.07, 6.45) is 1.85. The SMILES string of the molecule is CCCCN(C)C(=O)c1cc(Cl)c(NC)c([N+](=O)[O-])c1. The third-order valence-corrected chi connectivity index (χ3v) is 3.25. The molecule has 0 radical (unpaired) electrons. The van der Waals surface area contributed by atoms with Gasteiger partial charge in [0, 0.05) is 32.3 Å². The van der Waals surface area contributed by atoms with Crippen LogP contribution >= 0.6 is 11.6 Å². The van der Waals surface area contributed by atoms with E-state index in [4.69, 9.17) is 11.6 Å². The third kappa shape index (κ3) is 3.60. The number of hydrogen-bond donors (Lipinski definition) is 1. The highest BCUT2D eigenvalue weighted by Crippen LogP contribution is 2.33. The first kappa shape index (κ1) is 16.2. The lowest BCUT2D eigenvalue weighted by atomic mass is 10.1. The molecule has 0 aromatic heterocycles. The molecule has 6 nitrogen and oxygen atoms in total. The first-order chi connectivity index (χ1) is 9.42. The van der Waals surface area contributed by atoms with E-state index in [1.807, 2.05) is 6.92 Å². The molecular weight excluding hydrogens is 282 g/mol. The van der Waals surface area contributed by atoms with Gasteiger partial charge in [-0.05, 0) is 12.5 Å². The molecule has 0 aliphatic heterocycles. The summed E-state index contributed by atoms with van der Waals surface area (Å²) in [4.78, 5) is 24.2. The summed E-state index contributed by atoms with van der Waals surface area (Å²) in [6, 6.07) is 2.70. The van der Waals surface area contributed by atoms with Crippen molar-refractivity contribution in [3.63, 3.8) is 0 Å². The van der Waals surface area contributed by atoms with Crippen LogP contribution in [-0.2, 0) is 0 Å². The lowest BCUT2D eigenvalue weighted by molar-refractivity contribution is -0.383. The number of benzene rings is 1. The van der Waals surface area contributed by atoms with Crippen molar-refractivity contribution in [2.75, 3.05) is 26.0 Å². The monoisotopic (exact) mass is 299 g/mol. The van der Waals surface area contributed by atoms with Crippen molar-refractivity contribution in [2.24, 2.45) is 0 Å². The molecular formula is C13H18ClN3O3. The zero-order valence-corrected chi connectivity index (χ0v) is 12.5. The van der Waals surface area contributed by atoms with Crippen molar-refractivity contribution < 1.29 is 9.72 Å². The van der Waals surface area contributed by atoms with Crippen molar-refractivity contribution in [2.45, 2.75) is 19.8 Å². The molecule has 0 saturated carbocycles. The highest BCUT2D eigenvalue weighted by molar-refractivity contribution is 6.34. The van der Waals surface area contributed by atoms with Gasteiger partial charge < -0.3 is 10.2 Å². The Bertz CT molecular complexity index is 520. The van der Waals surface area contributed by atoms with E-state index in [0.29, 0.717) is 6.54 Å². The molecule has 0 spiro atoms. The van der Waals surface area contributed by atoms with E-state index in [-0.39, 0.29) is 27.9 Å². The van der Waals surface area contributed by atoms with Crippen LogP contribution in [0.1, 0.15) is 30.1 Å². The molecule has 1 amide bonds. The van der Waals surface area contributed by atoms with Gasteiger partial charge in [-0.25, -0.2) is 0 Å². The van der Waals surface area contributed by atoms with Crippen molar-refractivity contribution in [1.82, 2.24) is 4.90 Å². The Labute approximate surface area is 122 Å². The molecule has 1 aromatic carbocycles. The number of carbonyl (C=O) groups is 1. The Balaban J connectivity index is 3.13. The quantitative estimate of drug-likeness (QED) is 0.646. The van der Waals surface area contributed by atoms with E-state index in [2.05, 4.69) is 5.32 Å². The molecule has 1 aromatic rings. The fourth-order valence-electron chi connectivity index (χ4n) is 1.82. The third-order valence-electron chi connectivity index (χ3n) is 2.96. The Morgan fingerprint density at radius 1 is 1.50 bits per heavy atom. The standard InChI is InChI=1S/C13H18ClN3O3/c1-4-5-6-16(3)13(18)9-7-10(14)12(15-2)11(8-9)17(19)20/h7-8,15H,4-6H2,1-3H3. The number of rotatable bonds is 6. The van der Waals surface area contributed by atoms with Gasteiger partial charge in [0.1, 0.15) is 5.69 Å². The van der Waals surface area contributed by atoms with E-state index < -0.39 is 4.92 Å². The van der Waals surface area contributed by atoms with Crippen molar-refractivity contribution >= 4 is 28.9 Å². The minimum Gasteiger partial charge on any atom is -0.381 e. The van der Waals surface area contributed by atoms with Crippen LogP contribution in [0.2, 0.25) is 5.02 Å². The Hall–Kier alpha value is -1.82. The van der Waals surface area contributed by atoms with Crippen LogP contribution < -0.4 is 5.32 Å². The zero-order chi connectivity index (χ0) is 15.3. The molecule has 0 fully saturated rings. The van der Waals surface area contributed by atoms with Gasteiger partial charge in [0.05, 0.1) is 9.95 Å². The fraction of sp³-hybridized carbons (Fsp3) is 0.462. The molecule has 0 unspecified atom stereocenters. The molecule has 0 atom stereocenters. The Morgan fingerprint density at radius 3 is 2.65 bits per heavy atom. The van der Waals surface area contributed by atoms with Crippen LogP contribution in [0.25, 0.3) is 0 Å². The molecule has 1 rings (SSSR count). The zero-order valence-electron chi connectivity index (χ0n) is 11.8. The summed E-state index contributed by atoms with van der Waals surface area (Å²) in [5, 5.41) is 13.9. The predicted molar refractivity (Wildman–Crippen MR) is 79.5 cm³/mol. The van der Waals surface area contributed by atoms with Gasteiger partial charge in [-0.2, -0.15) is 0 Å². The van der Waals surface area contributed by atoms with Crippen molar-refractivity contribution in [3.05, 3.63) is 32.8 Å². The molecule has 110 valence electrons. The number of nitro groups is 1. The molecule has 7 heteroatoms. The average Bonchev–Trinajstić information content (AvgIpc) is 2.42. The first-order valence-corrected chi connectivity index (χ1v) is 6.71. The van der Waals surface area contributed by atoms with Gasteiger partial charge in [-0.15, -0.1) is 0 Å². The Morgan fingerprint density at radius 2 is 2.15 bits per heavy atom. The van der Waals surface area contributed by atoms with Gasteiger partial charge in [0.15, 0.2) is 0 Å². The topological polar surface area (TPSA) is 75.5 Å². The maximum absolute atomic E-state index is 12.2. The van der Waals surface area contributed by atoms with Crippen LogP contribution in [-0.4, -0.2) is 36.4 Å². The van der Waals surface area contributed by atoms with E-state index in [0.717, 1.165) is 12.8 Å². The Kier molecular flexibility index (Phi) is 5.76. The second-order valence-electron chi connectivity index (χ2n) is 4.44. The number of amides is 1. The first-order valence-electron chi connectivity index (χ1n) is 6.33. The van der Waals surface area contributed by atoms with Gasteiger partial charge in [-0.1, -0.05) is 24.9 Å². The van der Waals surface area contributed by atoms with Crippen LogP contribution in [0.15, 0.2) is 12.1 Å². The summed E-state index contributed by atoms with van der Waals surface area (Å²) in [7, 11) is 3.22. The molecule has 20 heavy (non-hydrogen) atoms. The minimum atomic E-state index is -0.555. The second-order valence-corrected chi connectivity index (χ2v) is 4.85. The molecule has 0 bridgehead atoms. The summed E-state index contributed by atoms with van der Waals surface area (Å²) in [5.41, 5.74) is 0.232. The molecule has 0 aliphatic carbocycles. The lowest BCUT2D eigenvalue weighted by Gasteiger charge is -2.17. The largest absolute Gasteiger partial charge is 0.381 e. The number of nitrogens with one attached hydrogen (secondary N) is 1. The van der Waals surface area contributed by atoms with Gasteiger partial charge in [-0.3, -0.25) is 14.9 Å². The summed E-state index contributed by atoms with van der Waals surface area (Å²) >= 11 is 5.99. The number of hydrogen-bond acceptors (Lipinski definition) is 4. The summed E-state index contributed by atoms with van der Waals surface area (Å²) in [5.74, 6) is -0.272. The number of anilines is 1.